The molecule has 0 unspecified atom stereocenters. The average Bonchev–Trinajstić information content (AvgIpc) is 2.74. The second-order valence-corrected chi connectivity index (χ2v) is 7.10. The minimum absolute atomic E-state index is 0.138. The normalized spacial score (nSPS) is 12.5. The Bertz CT molecular complexity index is 1050. The third-order valence-electron chi connectivity index (χ3n) is 4.45. The Hall–Kier alpha value is -4.09. The number of carbonyl (C=O) groups excluding carboxylic acids is 2. The van der Waals surface area contributed by atoms with E-state index < -0.39 is 11.8 Å². The maximum atomic E-state index is 14.9. The Morgan fingerprint density at radius 3 is 2.61 bits per heavy atom. The summed E-state index contributed by atoms with van der Waals surface area (Å²) in [5, 5.41) is 11.0. The van der Waals surface area contributed by atoms with Crippen LogP contribution in [0.2, 0.25) is 0 Å². The zero-order valence-corrected chi connectivity index (χ0v) is 17.9. The molecule has 1 aromatic heterocycles. The number of aromatic nitrogens is 2. The first kappa shape index (κ1) is 23.6. The number of rotatable bonds is 10. The largest absolute Gasteiger partial charge is 0.462 e. The lowest BCUT2D eigenvalue weighted by Crippen LogP contribution is -2.48. The number of amidine groups is 1. The van der Waals surface area contributed by atoms with Gasteiger partial charge in [0.25, 0.3) is 0 Å². The van der Waals surface area contributed by atoms with Crippen LogP contribution in [-0.4, -0.2) is 59.8 Å². The van der Waals surface area contributed by atoms with E-state index in [0.29, 0.717) is 24.6 Å². The second-order valence-electron chi connectivity index (χ2n) is 7.10. The van der Waals surface area contributed by atoms with E-state index >= 15 is 0 Å². The summed E-state index contributed by atoms with van der Waals surface area (Å²) in [6.07, 6.45) is 2.67. The molecule has 0 saturated carbocycles. The molecule has 3 N–H and O–H groups in total. The molecular weight excluding hydrogens is 435 g/mol. The fourth-order valence-corrected chi connectivity index (χ4v) is 2.86. The summed E-state index contributed by atoms with van der Waals surface area (Å²) in [4.78, 5) is 37.7. The van der Waals surface area contributed by atoms with Crippen molar-refractivity contribution in [2.45, 2.75) is 20.0 Å². The zero-order chi connectivity index (χ0) is 23.8. The maximum absolute atomic E-state index is 14.9. The Balaban J connectivity index is 1.55. The minimum Gasteiger partial charge on any atom is -0.462 e. The highest BCUT2D eigenvalue weighted by molar-refractivity contribution is 5.98. The summed E-state index contributed by atoms with van der Waals surface area (Å²) < 4.78 is 24.6. The summed E-state index contributed by atoms with van der Waals surface area (Å²) in [6, 6.07) is 4.72. The zero-order valence-electron chi connectivity index (χ0n) is 17.9. The standard InChI is InChI=1S/C21H23FN6O5/c1-13(29)31-5-6-33-27-16-10-28(11-16)21-25-8-15(9-26-21)17-4-2-3-14(20(17)22)12-32-19(30)7-18(23)24/h2-4,8-9H,5-7,10-12H2,1H3,(H3,23,24). The van der Waals surface area contributed by atoms with Crippen LogP contribution in [0.25, 0.3) is 11.1 Å². The molecule has 0 bridgehead atoms. The number of nitrogens with one attached hydrogen (secondary N) is 1. The van der Waals surface area contributed by atoms with Crippen molar-refractivity contribution >= 4 is 29.4 Å². The third kappa shape index (κ3) is 6.69. The molecule has 0 spiro atoms. The monoisotopic (exact) mass is 458 g/mol. The van der Waals surface area contributed by atoms with Gasteiger partial charge in [-0.25, -0.2) is 14.4 Å². The number of halogens is 1. The lowest BCUT2D eigenvalue weighted by molar-refractivity contribution is -0.144. The lowest BCUT2D eigenvalue weighted by atomic mass is 10.1. The number of hydrogen-bond donors (Lipinski definition) is 2. The van der Waals surface area contributed by atoms with Gasteiger partial charge in [-0.05, 0) is 0 Å². The van der Waals surface area contributed by atoms with Gasteiger partial charge in [-0.1, -0.05) is 23.4 Å². The van der Waals surface area contributed by atoms with Gasteiger partial charge in [0.1, 0.15) is 31.3 Å². The second kappa shape index (κ2) is 11.0. The van der Waals surface area contributed by atoms with Crippen LogP contribution >= 0.6 is 0 Å². The number of nitrogens with two attached hydrogens (primary N) is 1. The molecule has 0 amide bonds. The van der Waals surface area contributed by atoms with Crippen molar-refractivity contribution in [2.24, 2.45) is 10.9 Å². The molecule has 0 atom stereocenters. The number of esters is 2. The van der Waals surface area contributed by atoms with Crippen LogP contribution in [0.15, 0.2) is 35.7 Å². The van der Waals surface area contributed by atoms with Gasteiger partial charge in [-0.3, -0.25) is 15.0 Å². The summed E-state index contributed by atoms with van der Waals surface area (Å²) in [7, 11) is 0. The van der Waals surface area contributed by atoms with Crippen molar-refractivity contribution in [1.29, 1.82) is 5.41 Å². The van der Waals surface area contributed by atoms with Crippen molar-refractivity contribution in [3.8, 4) is 11.1 Å². The van der Waals surface area contributed by atoms with Crippen molar-refractivity contribution in [3.05, 3.63) is 42.0 Å². The van der Waals surface area contributed by atoms with Gasteiger partial charge >= 0.3 is 11.9 Å². The van der Waals surface area contributed by atoms with E-state index in [9.17, 15) is 14.0 Å². The van der Waals surface area contributed by atoms with Crippen LogP contribution in [0.4, 0.5) is 10.3 Å². The van der Waals surface area contributed by atoms with Crippen molar-refractivity contribution in [3.63, 3.8) is 0 Å². The molecule has 1 saturated heterocycles. The molecular formula is C21H23FN6O5. The fourth-order valence-electron chi connectivity index (χ4n) is 2.86. The predicted molar refractivity (Wildman–Crippen MR) is 116 cm³/mol. The van der Waals surface area contributed by atoms with Crippen LogP contribution in [-0.2, 0) is 30.5 Å². The van der Waals surface area contributed by atoms with Crippen LogP contribution in [0, 0.1) is 11.2 Å². The van der Waals surface area contributed by atoms with Crippen LogP contribution in [0.5, 0.6) is 0 Å². The van der Waals surface area contributed by atoms with E-state index in [2.05, 4.69) is 15.1 Å². The average molecular weight is 458 g/mol. The summed E-state index contributed by atoms with van der Waals surface area (Å²) in [6.45, 7) is 2.34. The summed E-state index contributed by atoms with van der Waals surface area (Å²) in [5.41, 5.74) is 6.87. The Labute approximate surface area is 188 Å². The first-order valence-electron chi connectivity index (χ1n) is 9.98. The molecule has 1 aliphatic rings. The predicted octanol–water partition coefficient (Wildman–Crippen LogP) is 1.41. The van der Waals surface area contributed by atoms with E-state index in [-0.39, 0.29) is 49.2 Å². The summed E-state index contributed by atoms with van der Waals surface area (Å²) in [5.74, 6) is -1.48. The van der Waals surface area contributed by atoms with Gasteiger partial charge in [0, 0.05) is 36.0 Å². The molecule has 2 heterocycles. The number of anilines is 1. The molecule has 2 aromatic rings. The molecule has 0 aliphatic carbocycles. The Kier molecular flexibility index (Phi) is 7.84. The van der Waals surface area contributed by atoms with Gasteiger partial charge < -0.3 is 24.9 Å². The van der Waals surface area contributed by atoms with Crippen molar-refractivity contribution in [2.75, 3.05) is 31.2 Å². The highest BCUT2D eigenvalue weighted by atomic mass is 19.1. The van der Waals surface area contributed by atoms with Gasteiger partial charge in [-0.15, -0.1) is 0 Å². The summed E-state index contributed by atoms with van der Waals surface area (Å²) >= 11 is 0. The topological polar surface area (TPSA) is 153 Å². The van der Waals surface area contributed by atoms with Gasteiger partial charge in [0.15, 0.2) is 6.61 Å². The van der Waals surface area contributed by atoms with Gasteiger partial charge in [0.2, 0.25) is 5.95 Å². The number of carbonyl (C=O) groups is 2. The van der Waals surface area contributed by atoms with Crippen LogP contribution < -0.4 is 10.6 Å². The highest BCUT2D eigenvalue weighted by Crippen LogP contribution is 2.26. The first-order chi connectivity index (χ1) is 15.8. The Morgan fingerprint density at radius 2 is 1.94 bits per heavy atom. The molecule has 12 heteroatoms. The number of oxime groups is 1. The fraction of sp³-hybridized carbons (Fsp3) is 0.333. The van der Waals surface area contributed by atoms with E-state index in [1.807, 2.05) is 4.90 Å². The number of ether oxygens (including phenoxy) is 2. The smallest absolute Gasteiger partial charge is 0.313 e. The Morgan fingerprint density at radius 1 is 1.21 bits per heavy atom. The number of hydrogen-bond acceptors (Lipinski definition) is 10. The van der Waals surface area contributed by atoms with Gasteiger partial charge in [-0.2, -0.15) is 0 Å². The molecule has 174 valence electrons. The third-order valence-corrected chi connectivity index (χ3v) is 4.45. The number of benzene rings is 1. The quantitative estimate of drug-likeness (QED) is 0.177. The van der Waals surface area contributed by atoms with Crippen molar-refractivity contribution in [1.82, 2.24) is 9.97 Å². The molecule has 1 aromatic carbocycles. The first-order valence-corrected chi connectivity index (χ1v) is 9.98. The van der Waals surface area contributed by atoms with Crippen LogP contribution in [0.3, 0.4) is 0 Å². The van der Waals surface area contributed by atoms with E-state index in [4.69, 9.17) is 25.5 Å². The SMILES string of the molecule is CC(=O)OCCON=C1CN(c2ncc(-c3cccc(COC(=O)CC(=N)N)c3F)cn2)C1. The molecule has 0 radical (unpaired) electrons. The molecule has 11 nitrogen and oxygen atoms in total. The van der Waals surface area contributed by atoms with Crippen molar-refractivity contribution < 1.29 is 28.3 Å². The van der Waals surface area contributed by atoms with E-state index in [1.165, 1.54) is 25.4 Å². The number of nitrogens with zero attached hydrogens (tertiary/aromatic N) is 4. The molecule has 3 rings (SSSR count). The maximum Gasteiger partial charge on any atom is 0.313 e. The lowest BCUT2D eigenvalue weighted by Gasteiger charge is -2.31. The molecule has 33 heavy (non-hydrogen) atoms. The van der Waals surface area contributed by atoms with E-state index in [0.717, 1.165) is 5.71 Å². The minimum atomic E-state index is -0.702. The molecule has 1 aliphatic heterocycles. The van der Waals surface area contributed by atoms with Crippen LogP contribution in [0.1, 0.15) is 18.9 Å². The van der Waals surface area contributed by atoms with Gasteiger partial charge in [0.05, 0.1) is 18.8 Å². The van der Waals surface area contributed by atoms with E-state index in [1.54, 1.807) is 12.1 Å². The highest BCUT2D eigenvalue weighted by Gasteiger charge is 2.25. The molecule has 1 fully saturated rings.